The fraction of sp³-hybridized carbons (Fsp3) is 0.529. The van der Waals surface area contributed by atoms with Crippen LogP contribution in [0.3, 0.4) is 0 Å². The second kappa shape index (κ2) is 9.00. The van der Waals surface area contributed by atoms with Crippen molar-refractivity contribution in [2.75, 3.05) is 0 Å². The number of aryl methyl sites for hydroxylation is 1. The van der Waals surface area contributed by atoms with E-state index < -0.39 is 30.9 Å². The highest BCUT2D eigenvalue weighted by Crippen LogP contribution is 2.54. The highest BCUT2D eigenvalue weighted by molar-refractivity contribution is 7.58. The summed E-state index contributed by atoms with van der Waals surface area (Å²) in [5.74, 6) is -3.46. The van der Waals surface area contributed by atoms with Crippen molar-refractivity contribution < 1.29 is 29.3 Å². The van der Waals surface area contributed by atoms with Gasteiger partial charge in [-0.2, -0.15) is 0 Å². The molecule has 134 valence electrons. The lowest BCUT2D eigenvalue weighted by Crippen LogP contribution is -2.29. The number of hydrogen-bond acceptors (Lipinski definition) is 3. The summed E-state index contributed by atoms with van der Waals surface area (Å²) in [6.45, 7) is 3.69. The molecule has 0 aliphatic carbocycles. The predicted molar refractivity (Wildman–Crippen MR) is 91.4 cm³/mol. The SMILES string of the molecule is CCCC(C(CCC(=O)O)C(=O)O)P(=O)(O)Cc1cccc(C)c1. The first-order chi connectivity index (χ1) is 11.2. The summed E-state index contributed by atoms with van der Waals surface area (Å²) < 4.78 is 12.9. The van der Waals surface area contributed by atoms with Crippen LogP contribution < -0.4 is 0 Å². The summed E-state index contributed by atoms with van der Waals surface area (Å²) in [5, 5.41) is 18.2. The molecule has 0 radical (unpaired) electrons. The van der Waals surface area contributed by atoms with Crippen LogP contribution in [0.2, 0.25) is 0 Å². The normalized spacial score (nSPS) is 16.1. The summed E-state index contributed by atoms with van der Waals surface area (Å²) in [5.41, 5.74) is 0.698. The molecule has 1 aromatic rings. The van der Waals surface area contributed by atoms with Crippen molar-refractivity contribution in [2.45, 2.75) is 51.4 Å². The van der Waals surface area contributed by atoms with Gasteiger partial charge in [0.05, 0.1) is 5.92 Å². The molecule has 0 aliphatic rings. The third-order valence-corrected chi connectivity index (χ3v) is 6.52. The van der Waals surface area contributed by atoms with Crippen molar-refractivity contribution in [1.82, 2.24) is 0 Å². The maximum Gasteiger partial charge on any atom is 0.307 e. The van der Waals surface area contributed by atoms with Crippen molar-refractivity contribution in [3.05, 3.63) is 35.4 Å². The Labute approximate surface area is 142 Å². The van der Waals surface area contributed by atoms with Crippen molar-refractivity contribution in [3.63, 3.8) is 0 Å². The molecule has 3 unspecified atom stereocenters. The molecule has 0 amide bonds. The Kier molecular flexibility index (Phi) is 7.64. The lowest BCUT2D eigenvalue weighted by molar-refractivity contribution is -0.143. The molecule has 0 spiro atoms. The van der Waals surface area contributed by atoms with Gasteiger partial charge in [-0.05, 0) is 25.3 Å². The molecule has 0 fully saturated rings. The molecule has 24 heavy (non-hydrogen) atoms. The number of aliphatic carboxylic acids is 2. The fourth-order valence-corrected chi connectivity index (χ4v) is 5.38. The minimum atomic E-state index is -3.80. The van der Waals surface area contributed by atoms with Crippen LogP contribution in [0.15, 0.2) is 24.3 Å². The number of carbonyl (C=O) groups is 2. The molecular formula is C17H25O6P. The number of rotatable bonds is 10. The second-order valence-corrected chi connectivity index (χ2v) is 8.63. The third kappa shape index (κ3) is 6.10. The van der Waals surface area contributed by atoms with Gasteiger partial charge in [-0.15, -0.1) is 0 Å². The second-order valence-electron chi connectivity index (χ2n) is 6.14. The minimum Gasteiger partial charge on any atom is -0.481 e. The first kappa shape index (κ1) is 20.4. The molecule has 1 rings (SSSR count). The van der Waals surface area contributed by atoms with E-state index in [9.17, 15) is 24.2 Å². The van der Waals surface area contributed by atoms with Crippen LogP contribution in [-0.4, -0.2) is 32.7 Å². The number of carboxylic acids is 2. The van der Waals surface area contributed by atoms with E-state index in [1.54, 1.807) is 18.2 Å². The zero-order valence-electron chi connectivity index (χ0n) is 14.0. The number of hydrogen-bond donors (Lipinski definition) is 3. The van der Waals surface area contributed by atoms with Gasteiger partial charge in [-0.25, -0.2) is 0 Å². The lowest BCUT2D eigenvalue weighted by atomic mass is 9.96. The molecule has 0 bridgehead atoms. The van der Waals surface area contributed by atoms with E-state index >= 15 is 0 Å². The van der Waals surface area contributed by atoms with E-state index in [4.69, 9.17) is 5.11 Å². The van der Waals surface area contributed by atoms with Gasteiger partial charge in [0.1, 0.15) is 0 Å². The maximum absolute atomic E-state index is 12.9. The largest absolute Gasteiger partial charge is 0.481 e. The maximum atomic E-state index is 12.9. The van der Waals surface area contributed by atoms with Crippen LogP contribution in [0.4, 0.5) is 0 Å². The zero-order chi connectivity index (χ0) is 18.3. The molecule has 0 saturated carbocycles. The van der Waals surface area contributed by atoms with Gasteiger partial charge in [0, 0.05) is 18.2 Å². The Balaban J connectivity index is 3.06. The van der Waals surface area contributed by atoms with E-state index in [0.29, 0.717) is 12.0 Å². The van der Waals surface area contributed by atoms with Gasteiger partial charge >= 0.3 is 11.9 Å². The van der Waals surface area contributed by atoms with Gasteiger partial charge in [0.15, 0.2) is 0 Å². The van der Waals surface area contributed by atoms with Gasteiger partial charge in [0.2, 0.25) is 7.37 Å². The average Bonchev–Trinajstić information content (AvgIpc) is 2.45. The Morgan fingerprint density at radius 1 is 1.21 bits per heavy atom. The Hall–Kier alpha value is -1.65. The quantitative estimate of drug-likeness (QED) is 0.553. The monoisotopic (exact) mass is 356 g/mol. The molecule has 0 heterocycles. The summed E-state index contributed by atoms with van der Waals surface area (Å²) in [6, 6.07) is 7.21. The predicted octanol–water partition coefficient (Wildman–Crippen LogP) is 3.50. The molecule has 1 aromatic carbocycles. The molecule has 0 aliphatic heterocycles. The van der Waals surface area contributed by atoms with Gasteiger partial charge in [0.25, 0.3) is 0 Å². The van der Waals surface area contributed by atoms with E-state index in [1.165, 1.54) is 0 Å². The summed E-state index contributed by atoms with van der Waals surface area (Å²) >= 11 is 0. The highest BCUT2D eigenvalue weighted by Gasteiger charge is 2.40. The van der Waals surface area contributed by atoms with Crippen LogP contribution >= 0.6 is 7.37 Å². The minimum absolute atomic E-state index is 0.101. The Morgan fingerprint density at radius 3 is 2.38 bits per heavy atom. The molecule has 0 saturated heterocycles. The smallest absolute Gasteiger partial charge is 0.307 e. The molecular weight excluding hydrogens is 331 g/mol. The molecule has 3 N–H and O–H groups in total. The van der Waals surface area contributed by atoms with Gasteiger partial charge in [-0.3, -0.25) is 14.2 Å². The van der Waals surface area contributed by atoms with Crippen molar-refractivity contribution in [2.24, 2.45) is 5.92 Å². The summed E-state index contributed by atoms with van der Waals surface area (Å²) in [4.78, 5) is 32.9. The first-order valence-corrected chi connectivity index (χ1v) is 9.90. The van der Waals surface area contributed by atoms with E-state index in [2.05, 4.69) is 0 Å². The van der Waals surface area contributed by atoms with Crippen molar-refractivity contribution >= 4 is 19.3 Å². The van der Waals surface area contributed by atoms with Crippen LogP contribution in [-0.2, 0) is 20.3 Å². The molecule has 7 heteroatoms. The standard InChI is InChI=1S/C17H25O6P/c1-3-5-15(14(17(20)21)8-9-16(18)19)24(22,23)11-13-7-4-6-12(2)10-13/h4,6-7,10,14-15H,3,5,8-9,11H2,1-2H3,(H,18,19)(H,20,21)(H,22,23). The van der Waals surface area contributed by atoms with Gasteiger partial charge in [-0.1, -0.05) is 43.2 Å². The van der Waals surface area contributed by atoms with E-state index in [-0.39, 0.29) is 25.4 Å². The lowest BCUT2D eigenvalue weighted by Gasteiger charge is -2.28. The number of benzene rings is 1. The summed E-state index contributed by atoms with van der Waals surface area (Å²) in [6.07, 6.45) is 0.252. The van der Waals surface area contributed by atoms with Crippen LogP contribution in [0.5, 0.6) is 0 Å². The molecule has 0 aromatic heterocycles. The zero-order valence-corrected chi connectivity index (χ0v) is 14.9. The third-order valence-electron chi connectivity index (χ3n) is 4.05. The number of carboxylic acid groups (broad SMARTS) is 2. The van der Waals surface area contributed by atoms with Crippen LogP contribution in [0.1, 0.15) is 43.7 Å². The highest BCUT2D eigenvalue weighted by atomic mass is 31.2. The molecule has 6 nitrogen and oxygen atoms in total. The molecule has 3 atom stereocenters. The van der Waals surface area contributed by atoms with Crippen LogP contribution in [0, 0.1) is 12.8 Å². The Bertz CT molecular complexity index is 627. The van der Waals surface area contributed by atoms with Crippen LogP contribution in [0.25, 0.3) is 0 Å². The topological polar surface area (TPSA) is 112 Å². The van der Waals surface area contributed by atoms with Gasteiger partial charge < -0.3 is 15.1 Å². The first-order valence-electron chi connectivity index (χ1n) is 7.99. The summed E-state index contributed by atoms with van der Waals surface area (Å²) in [7, 11) is -3.80. The van der Waals surface area contributed by atoms with E-state index in [1.807, 2.05) is 19.9 Å². The average molecular weight is 356 g/mol. The Morgan fingerprint density at radius 2 is 1.88 bits per heavy atom. The van der Waals surface area contributed by atoms with Crippen molar-refractivity contribution in [1.29, 1.82) is 0 Å². The fourth-order valence-electron chi connectivity index (χ4n) is 2.93. The van der Waals surface area contributed by atoms with E-state index in [0.717, 1.165) is 5.56 Å². The van der Waals surface area contributed by atoms with Crippen molar-refractivity contribution in [3.8, 4) is 0 Å².